The van der Waals surface area contributed by atoms with Crippen molar-refractivity contribution in [3.8, 4) is 5.75 Å². The standard InChI is InChI=1S/C22H18Br2ClN3O4S/c23-17-3-1-15(2-4-17)13-28(33(31,32)20-8-6-19(25)7-9-20)14-22(30)27-26-12-16-11-18(24)5-10-21(16)29/h1-12,29H,13-14H2,(H,27,30)/b26-12-. The molecule has 0 radical (unpaired) electrons. The molecule has 0 aliphatic rings. The van der Waals surface area contributed by atoms with Crippen molar-refractivity contribution >= 4 is 65.6 Å². The predicted molar refractivity (Wildman–Crippen MR) is 135 cm³/mol. The molecule has 0 spiro atoms. The largest absolute Gasteiger partial charge is 0.507 e. The summed E-state index contributed by atoms with van der Waals surface area (Å²) in [4.78, 5) is 12.6. The monoisotopic (exact) mass is 613 g/mol. The number of phenols is 1. The SMILES string of the molecule is O=C(CN(Cc1ccc(Br)cc1)S(=O)(=O)c1ccc(Cl)cc1)N/N=C\c1cc(Br)ccc1O. The summed E-state index contributed by atoms with van der Waals surface area (Å²) in [6, 6.07) is 17.6. The van der Waals surface area contributed by atoms with Crippen LogP contribution in [0.25, 0.3) is 0 Å². The number of hydrogen-bond donors (Lipinski definition) is 2. The molecule has 11 heteroatoms. The van der Waals surface area contributed by atoms with Gasteiger partial charge in [0.05, 0.1) is 17.7 Å². The molecule has 3 aromatic rings. The van der Waals surface area contributed by atoms with Gasteiger partial charge >= 0.3 is 0 Å². The van der Waals surface area contributed by atoms with E-state index in [0.29, 0.717) is 16.1 Å². The number of halogens is 3. The first kappa shape index (κ1) is 25.4. The van der Waals surface area contributed by atoms with Crippen LogP contribution in [0.1, 0.15) is 11.1 Å². The second kappa shape index (κ2) is 11.3. The van der Waals surface area contributed by atoms with E-state index in [0.717, 1.165) is 13.3 Å². The lowest BCUT2D eigenvalue weighted by molar-refractivity contribution is -0.121. The molecule has 0 atom stereocenters. The van der Waals surface area contributed by atoms with E-state index in [1.54, 1.807) is 36.4 Å². The van der Waals surface area contributed by atoms with Crippen molar-refractivity contribution in [2.45, 2.75) is 11.4 Å². The van der Waals surface area contributed by atoms with Gasteiger partial charge in [-0.1, -0.05) is 55.6 Å². The third-order valence-electron chi connectivity index (χ3n) is 4.43. The average Bonchev–Trinajstić information content (AvgIpc) is 2.77. The summed E-state index contributed by atoms with van der Waals surface area (Å²) in [6.07, 6.45) is 1.27. The zero-order valence-corrected chi connectivity index (χ0v) is 21.7. The Balaban J connectivity index is 1.80. The number of aromatic hydroxyl groups is 1. The minimum atomic E-state index is -4.01. The summed E-state index contributed by atoms with van der Waals surface area (Å²) >= 11 is 12.5. The number of carbonyl (C=O) groups excluding carboxylic acids is 1. The summed E-state index contributed by atoms with van der Waals surface area (Å²) in [5.41, 5.74) is 3.39. The Hall–Kier alpha value is -2.24. The Morgan fingerprint density at radius 3 is 2.33 bits per heavy atom. The molecule has 0 saturated heterocycles. The summed E-state index contributed by atoms with van der Waals surface area (Å²) in [5.74, 6) is -0.659. The molecule has 3 rings (SSSR count). The highest BCUT2D eigenvalue weighted by molar-refractivity contribution is 9.10. The quantitative estimate of drug-likeness (QED) is 0.278. The Labute approximate surface area is 213 Å². The molecule has 3 aromatic carbocycles. The van der Waals surface area contributed by atoms with Crippen LogP contribution in [0.5, 0.6) is 5.75 Å². The molecule has 2 N–H and O–H groups in total. The zero-order chi connectivity index (χ0) is 24.0. The molecule has 0 fully saturated rings. The van der Waals surface area contributed by atoms with Crippen LogP contribution in [0.2, 0.25) is 5.02 Å². The van der Waals surface area contributed by atoms with E-state index in [2.05, 4.69) is 42.4 Å². The highest BCUT2D eigenvalue weighted by Crippen LogP contribution is 2.22. The van der Waals surface area contributed by atoms with Crippen LogP contribution >= 0.6 is 43.5 Å². The maximum atomic E-state index is 13.2. The smallest absolute Gasteiger partial charge is 0.255 e. The summed E-state index contributed by atoms with van der Waals surface area (Å²) in [7, 11) is -4.01. The van der Waals surface area contributed by atoms with Crippen LogP contribution in [-0.2, 0) is 21.4 Å². The van der Waals surface area contributed by atoms with Gasteiger partial charge in [0.2, 0.25) is 10.0 Å². The highest BCUT2D eigenvalue weighted by Gasteiger charge is 2.27. The lowest BCUT2D eigenvalue weighted by atomic mass is 10.2. The number of nitrogens with one attached hydrogen (secondary N) is 1. The van der Waals surface area contributed by atoms with Gasteiger partial charge in [0.25, 0.3) is 5.91 Å². The van der Waals surface area contributed by atoms with Gasteiger partial charge in [-0.05, 0) is 60.2 Å². The van der Waals surface area contributed by atoms with Gasteiger partial charge in [0.1, 0.15) is 5.75 Å². The number of phenolic OH excluding ortho intramolecular Hbond substituents is 1. The number of carbonyl (C=O) groups is 1. The summed E-state index contributed by atoms with van der Waals surface area (Å²) in [6.45, 7) is -0.495. The molecule has 33 heavy (non-hydrogen) atoms. The molecule has 0 aromatic heterocycles. The summed E-state index contributed by atoms with van der Waals surface area (Å²) in [5, 5.41) is 14.1. The third kappa shape index (κ3) is 7.12. The van der Waals surface area contributed by atoms with Crippen LogP contribution in [0.4, 0.5) is 0 Å². The van der Waals surface area contributed by atoms with Crippen molar-refractivity contribution < 1.29 is 18.3 Å². The Kier molecular flexibility index (Phi) is 8.66. The highest BCUT2D eigenvalue weighted by atomic mass is 79.9. The van der Waals surface area contributed by atoms with Crippen LogP contribution in [0, 0.1) is 0 Å². The van der Waals surface area contributed by atoms with Gasteiger partial charge in [-0.25, -0.2) is 13.8 Å². The molecule has 0 saturated carbocycles. The Morgan fingerprint density at radius 1 is 1.03 bits per heavy atom. The molecule has 0 aliphatic carbocycles. The molecular weight excluding hydrogens is 598 g/mol. The normalized spacial score (nSPS) is 11.8. The second-order valence-corrected chi connectivity index (χ2v) is 11.1. The zero-order valence-electron chi connectivity index (χ0n) is 17.0. The van der Waals surface area contributed by atoms with Gasteiger partial charge in [-0.3, -0.25) is 4.79 Å². The van der Waals surface area contributed by atoms with E-state index in [4.69, 9.17) is 11.6 Å². The van der Waals surface area contributed by atoms with Gasteiger partial charge in [0.15, 0.2) is 0 Å². The van der Waals surface area contributed by atoms with E-state index in [9.17, 15) is 18.3 Å². The van der Waals surface area contributed by atoms with E-state index in [1.807, 2.05) is 0 Å². The molecule has 7 nitrogen and oxygen atoms in total. The van der Waals surface area contributed by atoms with Crippen molar-refractivity contribution in [2.24, 2.45) is 5.10 Å². The first-order valence-electron chi connectivity index (χ1n) is 9.46. The predicted octanol–water partition coefficient (Wildman–Crippen LogP) is 4.91. The number of amides is 1. The van der Waals surface area contributed by atoms with E-state index < -0.39 is 22.5 Å². The van der Waals surface area contributed by atoms with Gasteiger partial charge in [-0.2, -0.15) is 9.41 Å². The number of nitrogens with zero attached hydrogens (tertiary/aromatic N) is 2. The van der Waals surface area contributed by atoms with E-state index in [1.165, 1.54) is 36.5 Å². The van der Waals surface area contributed by atoms with Gasteiger partial charge < -0.3 is 5.11 Å². The number of hydrazone groups is 1. The first-order valence-corrected chi connectivity index (χ1v) is 12.9. The van der Waals surface area contributed by atoms with Crippen molar-refractivity contribution in [1.82, 2.24) is 9.73 Å². The van der Waals surface area contributed by atoms with Crippen molar-refractivity contribution in [1.29, 1.82) is 0 Å². The first-order chi connectivity index (χ1) is 15.6. The molecule has 1 amide bonds. The topological polar surface area (TPSA) is 99.1 Å². The number of sulfonamides is 1. The number of benzene rings is 3. The molecule has 0 unspecified atom stereocenters. The van der Waals surface area contributed by atoms with Crippen LogP contribution in [-0.4, -0.2) is 36.5 Å². The van der Waals surface area contributed by atoms with Gasteiger partial charge in [-0.15, -0.1) is 0 Å². The minimum absolute atomic E-state index is 0.0133. The third-order valence-corrected chi connectivity index (χ3v) is 7.51. The maximum absolute atomic E-state index is 13.2. The van der Waals surface area contributed by atoms with E-state index in [-0.39, 0.29) is 17.2 Å². The molecule has 0 heterocycles. The minimum Gasteiger partial charge on any atom is -0.507 e. The van der Waals surface area contributed by atoms with Crippen molar-refractivity contribution in [3.63, 3.8) is 0 Å². The van der Waals surface area contributed by atoms with Crippen LogP contribution < -0.4 is 5.43 Å². The van der Waals surface area contributed by atoms with Crippen molar-refractivity contribution in [3.05, 3.63) is 91.8 Å². The molecule has 0 bridgehead atoms. The molecule has 0 aliphatic heterocycles. The lowest BCUT2D eigenvalue weighted by Gasteiger charge is -2.21. The fourth-order valence-corrected chi connectivity index (χ4v) is 4.93. The Morgan fingerprint density at radius 2 is 1.67 bits per heavy atom. The summed E-state index contributed by atoms with van der Waals surface area (Å²) < 4.78 is 29.1. The van der Waals surface area contributed by atoms with Crippen LogP contribution in [0.15, 0.2) is 85.7 Å². The fourth-order valence-electron chi connectivity index (χ4n) is 2.77. The number of hydrogen-bond acceptors (Lipinski definition) is 5. The van der Waals surface area contributed by atoms with Gasteiger partial charge in [0, 0.05) is 26.1 Å². The van der Waals surface area contributed by atoms with E-state index >= 15 is 0 Å². The molecule has 172 valence electrons. The lowest BCUT2D eigenvalue weighted by Crippen LogP contribution is -2.39. The molecular formula is C22H18Br2ClN3O4S. The average molecular weight is 616 g/mol. The fraction of sp³-hybridized carbons (Fsp3) is 0.0909. The Bertz CT molecular complexity index is 1270. The maximum Gasteiger partial charge on any atom is 0.255 e. The van der Waals surface area contributed by atoms with Crippen LogP contribution in [0.3, 0.4) is 0 Å². The number of rotatable bonds is 8. The van der Waals surface area contributed by atoms with Crippen molar-refractivity contribution in [2.75, 3.05) is 6.54 Å². The second-order valence-electron chi connectivity index (χ2n) is 6.85.